The zero-order valence-electron chi connectivity index (χ0n) is 10.5. The predicted molar refractivity (Wildman–Crippen MR) is 73.3 cm³/mol. The Morgan fingerprint density at radius 3 is 2.30 bits per heavy atom. The molecule has 3 rings (SSSR count). The summed E-state index contributed by atoms with van der Waals surface area (Å²) < 4.78 is 10.5. The minimum atomic E-state index is -0.471. The Bertz CT molecular complexity index is 705. The molecule has 0 atom stereocenters. The van der Waals surface area contributed by atoms with Crippen LogP contribution in [0.25, 0.3) is 11.5 Å². The normalized spacial score (nSPS) is 10.2. The van der Waals surface area contributed by atoms with E-state index in [0.717, 1.165) is 5.56 Å². The first-order valence-corrected chi connectivity index (χ1v) is 6.11. The molecule has 98 valence electrons. The molecule has 4 nitrogen and oxygen atoms in total. The Morgan fingerprint density at radius 1 is 0.950 bits per heavy atom. The van der Waals surface area contributed by atoms with Gasteiger partial charge in [0.05, 0.1) is 5.56 Å². The van der Waals surface area contributed by atoms with Crippen molar-refractivity contribution in [3.63, 3.8) is 0 Å². The number of rotatable bonds is 3. The number of benzene rings is 2. The summed E-state index contributed by atoms with van der Waals surface area (Å²) in [5.41, 5.74) is 1.29. The zero-order valence-corrected chi connectivity index (χ0v) is 10.5. The molecule has 0 saturated carbocycles. The Kier molecular flexibility index (Phi) is 3.29. The number of nitrogens with zero attached hydrogens (tertiary/aromatic N) is 1. The molecule has 0 aliphatic carbocycles. The fraction of sp³-hybridized carbons (Fsp3) is 0. The van der Waals surface area contributed by atoms with Gasteiger partial charge in [-0.3, -0.25) is 0 Å². The molecule has 0 radical (unpaired) electrons. The first-order chi connectivity index (χ1) is 9.83. The smallest absolute Gasteiger partial charge is 0.345 e. The maximum absolute atomic E-state index is 11.8. The van der Waals surface area contributed by atoms with Gasteiger partial charge in [0.25, 0.3) is 0 Å². The molecular formula is C16H11NO3. The summed E-state index contributed by atoms with van der Waals surface area (Å²) in [6, 6.07) is 18.1. The summed E-state index contributed by atoms with van der Waals surface area (Å²) in [6.45, 7) is 0. The van der Waals surface area contributed by atoms with Gasteiger partial charge >= 0.3 is 11.9 Å². The fourth-order valence-corrected chi connectivity index (χ4v) is 1.75. The lowest BCUT2D eigenvalue weighted by atomic mass is 10.2. The van der Waals surface area contributed by atoms with Crippen molar-refractivity contribution in [3.8, 4) is 17.4 Å². The molecule has 0 aliphatic rings. The van der Waals surface area contributed by atoms with E-state index in [1.807, 2.05) is 36.4 Å². The second-order valence-electron chi connectivity index (χ2n) is 4.11. The minimum absolute atomic E-state index is 0.0812. The quantitative estimate of drug-likeness (QED) is 0.679. The van der Waals surface area contributed by atoms with Gasteiger partial charge in [-0.05, 0) is 24.3 Å². The van der Waals surface area contributed by atoms with Gasteiger partial charge in [0.1, 0.15) is 6.20 Å². The highest BCUT2D eigenvalue weighted by atomic mass is 16.6. The highest BCUT2D eigenvalue weighted by Gasteiger charge is 2.12. The molecule has 0 N–H and O–H groups in total. The molecule has 4 heteroatoms. The third-order valence-electron chi connectivity index (χ3n) is 2.71. The maximum atomic E-state index is 11.8. The highest BCUT2D eigenvalue weighted by molar-refractivity contribution is 5.90. The van der Waals surface area contributed by atoms with E-state index >= 15 is 0 Å². The second kappa shape index (κ2) is 5.40. The van der Waals surface area contributed by atoms with Crippen molar-refractivity contribution in [3.05, 3.63) is 72.4 Å². The monoisotopic (exact) mass is 265 g/mol. The van der Waals surface area contributed by atoms with Gasteiger partial charge in [0, 0.05) is 5.56 Å². The summed E-state index contributed by atoms with van der Waals surface area (Å²) in [7, 11) is 0. The molecule has 1 aromatic heterocycles. The number of ether oxygens (including phenoxy) is 1. The molecule has 1 heterocycles. The predicted octanol–water partition coefficient (Wildman–Crippen LogP) is 3.56. The van der Waals surface area contributed by atoms with Crippen molar-refractivity contribution in [2.45, 2.75) is 0 Å². The van der Waals surface area contributed by atoms with E-state index in [9.17, 15) is 4.79 Å². The third-order valence-corrected chi connectivity index (χ3v) is 2.71. The van der Waals surface area contributed by atoms with Crippen LogP contribution in [0, 0.1) is 0 Å². The number of carbonyl (C=O) groups is 1. The van der Waals surface area contributed by atoms with Crippen LogP contribution >= 0.6 is 0 Å². The van der Waals surface area contributed by atoms with Crippen molar-refractivity contribution in [2.75, 3.05) is 0 Å². The Morgan fingerprint density at radius 2 is 1.60 bits per heavy atom. The maximum Gasteiger partial charge on any atom is 0.345 e. The molecule has 0 aliphatic heterocycles. The van der Waals surface area contributed by atoms with Crippen LogP contribution in [0.2, 0.25) is 0 Å². The highest BCUT2D eigenvalue weighted by Crippen LogP contribution is 2.23. The van der Waals surface area contributed by atoms with Crippen LogP contribution in [0.4, 0.5) is 0 Å². The summed E-state index contributed by atoms with van der Waals surface area (Å²) >= 11 is 0. The molecule has 0 unspecified atom stereocenters. The van der Waals surface area contributed by atoms with E-state index < -0.39 is 5.97 Å². The van der Waals surface area contributed by atoms with Gasteiger partial charge in [-0.15, -0.1) is 0 Å². The number of carbonyl (C=O) groups excluding carboxylic acids is 1. The number of oxazole rings is 1. The van der Waals surface area contributed by atoms with Gasteiger partial charge in [-0.25, -0.2) is 9.78 Å². The number of esters is 1. The molecular weight excluding hydrogens is 254 g/mol. The first-order valence-electron chi connectivity index (χ1n) is 6.11. The van der Waals surface area contributed by atoms with Crippen LogP contribution in [-0.2, 0) is 0 Å². The van der Waals surface area contributed by atoms with Crippen LogP contribution in [0.1, 0.15) is 10.4 Å². The van der Waals surface area contributed by atoms with Gasteiger partial charge in [-0.2, -0.15) is 0 Å². The van der Waals surface area contributed by atoms with E-state index in [0.29, 0.717) is 11.5 Å². The SMILES string of the molecule is O=C(Oc1cnc(-c2ccccc2)o1)c1ccccc1. The largest absolute Gasteiger partial charge is 0.405 e. The molecule has 0 fully saturated rings. The number of hydrogen-bond donors (Lipinski definition) is 0. The van der Waals surface area contributed by atoms with E-state index in [-0.39, 0.29) is 5.95 Å². The van der Waals surface area contributed by atoms with Crippen molar-refractivity contribution in [1.82, 2.24) is 4.98 Å². The Labute approximate surface area is 115 Å². The van der Waals surface area contributed by atoms with Crippen LogP contribution in [0.5, 0.6) is 5.95 Å². The van der Waals surface area contributed by atoms with Crippen LogP contribution < -0.4 is 4.74 Å². The van der Waals surface area contributed by atoms with Gasteiger partial charge < -0.3 is 9.15 Å². The summed E-state index contributed by atoms with van der Waals surface area (Å²) in [5, 5.41) is 0. The van der Waals surface area contributed by atoms with Crippen LogP contribution in [0.3, 0.4) is 0 Å². The van der Waals surface area contributed by atoms with Crippen molar-refractivity contribution >= 4 is 5.97 Å². The molecule has 0 amide bonds. The molecule has 0 spiro atoms. The lowest BCUT2D eigenvalue weighted by molar-refractivity contribution is 0.0695. The van der Waals surface area contributed by atoms with Crippen molar-refractivity contribution in [2.24, 2.45) is 0 Å². The van der Waals surface area contributed by atoms with Gasteiger partial charge in [-0.1, -0.05) is 36.4 Å². The minimum Gasteiger partial charge on any atom is -0.405 e. The van der Waals surface area contributed by atoms with E-state index in [1.165, 1.54) is 6.20 Å². The van der Waals surface area contributed by atoms with E-state index in [1.54, 1.807) is 24.3 Å². The fourth-order valence-electron chi connectivity index (χ4n) is 1.75. The zero-order chi connectivity index (χ0) is 13.8. The van der Waals surface area contributed by atoms with Crippen molar-refractivity contribution in [1.29, 1.82) is 0 Å². The van der Waals surface area contributed by atoms with Crippen LogP contribution in [-0.4, -0.2) is 11.0 Å². The number of hydrogen-bond acceptors (Lipinski definition) is 4. The summed E-state index contributed by atoms with van der Waals surface area (Å²) in [5.74, 6) is 0.0283. The summed E-state index contributed by atoms with van der Waals surface area (Å²) in [4.78, 5) is 15.9. The average Bonchev–Trinajstić information content (AvgIpc) is 2.97. The van der Waals surface area contributed by atoms with Crippen molar-refractivity contribution < 1.29 is 13.9 Å². The van der Waals surface area contributed by atoms with E-state index in [4.69, 9.17) is 9.15 Å². The lowest BCUT2D eigenvalue weighted by Crippen LogP contribution is -2.07. The average molecular weight is 265 g/mol. The molecule has 3 aromatic rings. The topological polar surface area (TPSA) is 52.3 Å². The van der Waals surface area contributed by atoms with Crippen LogP contribution in [0.15, 0.2) is 71.3 Å². The number of aromatic nitrogens is 1. The Hall–Kier alpha value is -2.88. The first kappa shape index (κ1) is 12.2. The third kappa shape index (κ3) is 2.59. The standard InChI is InChI=1S/C16H11NO3/c18-16(13-9-5-2-6-10-13)20-14-11-17-15(19-14)12-7-3-1-4-8-12/h1-11H. The van der Waals surface area contributed by atoms with E-state index in [2.05, 4.69) is 4.98 Å². The molecule has 0 saturated heterocycles. The lowest BCUT2D eigenvalue weighted by Gasteiger charge is -1.99. The summed E-state index contributed by atoms with van der Waals surface area (Å²) in [6.07, 6.45) is 1.39. The van der Waals surface area contributed by atoms with Gasteiger partial charge in [0.2, 0.25) is 5.89 Å². The molecule has 0 bridgehead atoms. The Balaban J connectivity index is 1.77. The molecule has 2 aromatic carbocycles. The van der Waals surface area contributed by atoms with Gasteiger partial charge in [0.15, 0.2) is 0 Å². The second-order valence-corrected chi connectivity index (χ2v) is 4.11. The molecule has 20 heavy (non-hydrogen) atoms.